The van der Waals surface area contributed by atoms with E-state index in [1.54, 1.807) is 55.5 Å². The van der Waals surface area contributed by atoms with Gasteiger partial charge < -0.3 is 5.11 Å². The number of nitrogens with zero attached hydrogens (tertiary/aromatic N) is 2. The van der Waals surface area contributed by atoms with E-state index in [-0.39, 0.29) is 17.1 Å². The molecule has 0 saturated heterocycles. The molecule has 0 aliphatic carbocycles. The number of hydrogen-bond acceptors (Lipinski definition) is 3. The van der Waals surface area contributed by atoms with Crippen molar-refractivity contribution in [3.8, 4) is 0 Å². The summed E-state index contributed by atoms with van der Waals surface area (Å²) >= 11 is 5.93. The van der Waals surface area contributed by atoms with Gasteiger partial charge in [-0.1, -0.05) is 54.1 Å². The monoisotopic (exact) mass is 396 g/mol. The molecule has 27 heavy (non-hydrogen) atoms. The highest BCUT2D eigenvalue weighted by Gasteiger charge is 2.63. The molecule has 0 radical (unpaired) electrons. The molecule has 8 heteroatoms. The van der Waals surface area contributed by atoms with Crippen LogP contribution in [0.5, 0.6) is 0 Å². The minimum atomic E-state index is -5.06. The Morgan fingerprint density at radius 2 is 1.93 bits per heavy atom. The molecular formula is C19H16ClF3N2O2. The van der Waals surface area contributed by atoms with Crippen molar-refractivity contribution in [3.63, 3.8) is 0 Å². The van der Waals surface area contributed by atoms with E-state index in [4.69, 9.17) is 11.6 Å². The maximum absolute atomic E-state index is 13.6. The SMILES string of the molecule is Cc1cc(CC(=O)N2N=C(c3ccccc3)C[C@@]2(O)C(F)(F)F)ccc1Cl. The van der Waals surface area contributed by atoms with E-state index in [9.17, 15) is 23.1 Å². The van der Waals surface area contributed by atoms with Crippen LogP contribution in [0.4, 0.5) is 13.2 Å². The first-order valence-electron chi connectivity index (χ1n) is 8.12. The van der Waals surface area contributed by atoms with Crippen LogP contribution in [0.1, 0.15) is 23.1 Å². The first-order valence-corrected chi connectivity index (χ1v) is 8.50. The van der Waals surface area contributed by atoms with E-state index < -0.39 is 24.2 Å². The largest absolute Gasteiger partial charge is 0.438 e. The second-order valence-electron chi connectivity index (χ2n) is 6.37. The molecule has 0 unspecified atom stereocenters. The quantitative estimate of drug-likeness (QED) is 0.850. The minimum Gasteiger partial charge on any atom is -0.362 e. The number of benzene rings is 2. The van der Waals surface area contributed by atoms with Gasteiger partial charge >= 0.3 is 6.18 Å². The van der Waals surface area contributed by atoms with E-state index in [1.807, 2.05) is 0 Å². The first-order chi connectivity index (χ1) is 12.6. The molecule has 1 atom stereocenters. The van der Waals surface area contributed by atoms with Crippen molar-refractivity contribution in [2.24, 2.45) is 5.10 Å². The van der Waals surface area contributed by atoms with E-state index in [2.05, 4.69) is 5.10 Å². The lowest BCUT2D eigenvalue weighted by atomic mass is 10.0. The lowest BCUT2D eigenvalue weighted by molar-refractivity contribution is -0.302. The number of hydrazone groups is 1. The average molecular weight is 397 g/mol. The summed E-state index contributed by atoms with van der Waals surface area (Å²) in [6.45, 7) is 1.73. The van der Waals surface area contributed by atoms with Crippen LogP contribution in [0.3, 0.4) is 0 Å². The van der Waals surface area contributed by atoms with Crippen molar-refractivity contribution in [2.45, 2.75) is 31.7 Å². The van der Waals surface area contributed by atoms with Crippen LogP contribution in [0.15, 0.2) is 53.6 Å². The van der Waals surface area contributed by atoms with E-state index in [0.29, 0.717) is 21.7 Å². The third-order valence-corrected chi connectivity index (χ3v) is 4.78. The summed E-state index contributed by atoms with van der Waals surface area (Å²) in [5.41, 5.74) is -1.79. The smallest absolute Gasteiger partial charge is 0.362 e. The summed E-state index contributed by atoms with van der Waals surface area (Å²) in [5, 5.41) is 14.8. The molecule has 1 N–H and O–H groups in total. The number of amides is 1. The van der Waals surface area contributed by atoms with E-state index >= 15 is 0 Å². The maximum atomic E-state index is 13.6. The van der Waals surface area contributed by atoms with Gasteiger partial charge in [0, 0.05) is 5.02 Å². The van der Waals surface area contributed by atoms with Crippen LogP contribution in [-0.4, -0.2) is 33.6 Å². The third-order valence-electron chi connectivity index (χ3n) is 4.36. The first kappa shape index (κ1) is 19.4. The number of aliphatic hydroxyl groups is 1. The van der Waals surface area contributed by atoms with Crippen LogP contribution in [0, 0.1) is 6.92 Å². The number of carbonyl (C=O) groups excluding carboxylic acids is 1. The number of alkyl halides is 3. The number of halogens is 4. The van der Waals surface area contributed by atoms with Crippen molar-refractivity contribution in [2.75, 3.05) is 0 Å². The Labute approximate surface area is 158 Å². The maximum Gasteiger partial charge on any atom is 0.438 e. The van der Waals surface area contributed by atoms with Gasteiger partial charge in [0.05, 0.1) is 18.6 Å². The zero-order valence-corrected chi connectivity index (χ0v) is 15.1. The molecule has 2 aromatic carbocycles. The van der Waals surface area contributed by atoms with Gasteiger partial charge in [-0.3, -0.25) is 4.79 Å². The van der Waals surface area contributed by atoms with Crippen LogP contribution >= 0.6 is 11.6 Å². The summed E-state index contributed by atoms with van der Waals surface area (Å²) in [4.78, 5) is 12.6. The summed E-state index contributed by atoms with van der Waals surface area (Å²) in [6, 6.07) is 12.9. The minimum absolute atomic E-state index is 0.00365. The van der Waals surface area contributed by atoms with Crippen molar-refractivity contribution in [3.05, 3.63) is 70.2 Å². The van der Waals surface area contributed by atoms with Gasteiger partial charge in [0.1, 0.15) is 0 Å². The average Bonchev–Trinajstić information content (AvgIpc) is 2.98. The highest BCUT2D eigenvalue weighted by Crippen LogP contribution is 2.41. The predicted octanol–water partition coefficient (Wildman–Crippen LogP) is 4.08. The van der Waals surface area contributed by atoms with Crippen molar-refractivity contribution < 1.29 is 23.1 Å². The van der Waals surface area contributed by atoms with Crippen molar-refractivity contribution >= 4 is 23.2 Å². The summed E-state index contributed by atoms with van der Waals surface area (Å²) in [5.74, 6) is -0.956. The highest BCUT2D eigenvalue weighted by molar-refractivity contribution is 6.31. The molecule has 1 aliphatic rings. The van der Waals surface area contributed by atoms with Crippen LogP contribution in [0.25, 0.3) is 0 Å². The molecule has 3 rings (SSSR count). The molecule has 0 spiro atoms. The second kappa shape index (κ2) is 6.98. The second-order valence-corrected chi connectivity index (χ2v) is 6.78. The molecule has 142 valence electrons. The van der Waals surface area contributed by atoms with Crippen LogP contribution < -0.4 is 0 Å². The standard InChI is InChI=1S/C19H16ClF3N2O2/c1-12-9-13(7-8-15(12)20)10-17(26)25-18(27,19(21,22)23)11-16(24-25)14-5-3-2-4-6-14/h2-9,27H,10-11H2,1H3/t18-/m1/s1. The van der Waals surface area contributed by atoms with Crippen molar-refractivity contribution in [1.29, 1.82) is 0 Å². The van der Waals surface area contributed by atoms with E-state index in [0.717, 1.165) is 0 Å². The number of hydrogen-bond donors (Lipinski definition) is 1. The summed E-state index contributed by atoms with van der Waals surface area (Å²) in [7, 11) is 0. The fraction of sp³-hybridized carbons (Fsp3) is 0.263. The highest BCUT2D eigenvalue weighted by atomic mass is 35.5. The van der Waals surface area contributed by atoms with Crippen molar-refractivity contribution in [1.82, 2.24) is 5.01 Å². The third kappa shape index (κ3) is 3.70. The van der Waals surface area contributed by atoms with Gasteiger partial charge in [-0.05, 0) is 29.7 Å². The fourth-order valence-corrected chi connectivity index (χ4v) is 3.00. The molecule has 0 fully saturated rings. The molecule has 0 aromatic heterocycles. The summed E-state index contributed by atoms with van der Waals surface area (Å²) < 4.78 is 40.7. The van der Waals surface area contributed by atoms with Crippen LogP contribution in [0.2, 0.25) is 5.02 Å². The van der Waals surface area contributed by atoms with Gasteiger partial charge in [0.2, 0.25) is 5.91 Å². The fourth-order valence-electron chi connectivity index (χ4n) is 2.89. The van der Waals surface area contributed by atoms with Gasteiger partial charge in [0.25, 0.3) is 5.72 Å². The summed E-state index contributed by atoms with van der Waals surface area (Å²) in [6.07, 6.45) is -6.23. The normalized spacial score (nSPS) is 19.9. The van der Waals surface area contributed by atoms with Gasteiger partial charge in [0.15, 0.2) is 0 Å². The lowest BCUT2D eigenvalue weighted by Gasteiger charge is -2.32. The Kier molecular flexibility index (Phi) is 5.01. The van der Waals surface area contributed by atoms with Gasteiger partial charge in [-0.15, -0.1) is 0 Å². The van der Waals surface area contributed by atoms with Gasteiger partial charge in [-0.2, -0.15) is 23.3 Å². The topological polar surface area (TPSA) is 52.9 Å². The number of carbonyl (C=O) groups is 1. The molecular weight excluding hydrogens is 381 g/mol. The Bertz CT molecular complexity index is 900. The predicted molar refractivity (Wildman–Crippen MR) is 95.3 cm³/mol. The molecule has 0 saturated carbocycles. The molecule has 2 aromatic rings. The molecule has 1 aliphatic heterocycles. The Hall–Kier alpha value is -2.38. The van der Waals surface area contributed by atoms with E-state index in [1.165, 1.54) is 0 Å². The number of rotatable bonds is 3. The molecule has 0 bridgehead atoms. The molecule has 1 heterocycles. The molecule has 1 amide bonds. The Balaban J connectivity index is 1.94. The van der Waals surface area contributed by atoms with Crippen LogP contribution in [-0.2, 0) is 11.2 Å². The van der Waals surface area contributed by atoms with Gasteiger partial charge in [-0.25, -0.2) is 0 Å². The zero-order valence-electron chi connectivity index (χ0n) is 14.3. The lowest BCUT2D eigenvalue weighted by Crippen LogP contribution is -2.57. The zero-order chi connectivity index (χ0) is 19.8. The number of aryl methyl sites for hydroxylation is 1. The Morgan fingerprint density at radius 3 is 2.52 bits per heavy atom. The Morgan fingerprint density at radius 1 is 1.26 bits per heavy atom. The molecule has 4 nitrogen and oxygen atoms in total.